The topological polar surface area (TPSA) is 87.6 Å². The molecule has 1 aliphatic heterocycles. The van der Waals surface area contributed by atoms with Gasteiger partial charge in [0.05, 0.1) is 10.9 Å². The Hall–Kier alpha value is -2.67. The van der Waals surface area contributed by atoms with Gasteiger partial charge in [0.25, 0.3) is 10.0 Å². The highest BCUT2D eigenvalue weighted by molar-refractivity contribution is 7.90. The fraction of sp³-hybridized carbons (Fsp3) is 0.300. The molecule has 1 heterocycles. The van der Waals surface area contributed by atoms with Crippen molar-refractivity contribution in [3.63, 3.8) is 0 Å². The summed E-state index contributed by atoms with van der Waals surface area (Å²) in [7, 11) is -3.61. The molecular formula is C20H23N3O3S. The van der Waals surface area contributed by atoms with Gasteiger partial charge in [0.1, 0.15) is 11.9 Å². The number of nitrogens with one attached hydrogen (secondary N) is 2. The summed E-state index contributed by atoms with van der Waals surface area (Å²) in [5.41, 5.74) is 1.53. The number of nitrogens with zero attached hydrogens (tertiary/aromatic N) is 1. The standard InChI is InChI=1S/C20H23N3O3S/c1-3-9-17(15-10-5-4-6-11-15)22-20(24)14(2)21-19-16-12-7-8-13-18(16)27(25,26)23-19/h4-8,10-14,17H,3,9H2,1-2H3,(H,21,23)(H,22,24)/t14-,17+/m1/s1. The third-order valence-corrected chi connectivity index (χ3v) is 5.86. The summed E-state index contributed by atoms with van der Waals surface area (Å²) in [6, 6.07) is 15.6. The monoisotopic (exact) mass is 385 g/mol. The predicted molar refractivity (Wildman–Crippen MR) is 105 cm³/mol. The Labute approximate surface area is 159 Å². The maximum Gasteiger partial charge on any atom is 0.263 e. The van der Waals surface area contributed by atoms with E-state index >= 15 is 0 Å². The third-order valence-electron chi connectivity index (χ3n) is 4.46. The normalized spacial score (nSPS) is 18.4. The molecule has 142 valence electrons. The number of aliphatic imine (C=N–C) groups is 1. The quantitative estimate of drug-likeness (QED) is 0.801. The van der Waals surface area contributed by atoms with Crippen molar-refractivity contribution in [2.45, 2.75) is 43.7 Å². The molecular weight excluding hydrogens is 362 g/mol. The molecule has 0 spiro atoms. The van der Waals surface area contributed by atoms with Crippen molar-refractivity contribution in [3.8, 4) is 0 Å². The number of carbonyl (C=O) groups is 1. The highest BCUT2D eigenvalue weighted by atomic mass is 32.2. The number of amides is 1. The summed E-state index contributed by atoms with van der Waals surface area (Å²) in [5, 5.41) is 3.03. The first kappa shape index (κ1) is 19.1. The number of amidine groups is 1. The molecule has 2 atom stereocenters. The van der Waals surface area contributed by atoms with Crippen LogP contribution in [0.1, 0.15) is 43.9 Å². The van der Waals surface area contributed by atoms with E-state index < -0.39 is 16.1 Å². The van der Waals surface area contributed by atoms with Gasteiger partial charge in [0.2, 0.25) is 5.91 Å². The van der Waals surface area contributed by atoms with Gasteiger partial charge in [-0.2, -0.15) is 0 Å². The second-order valence-corrected chi connectivity index (χ2v) is 8.17. The minimum Gasteiger partial charge on any atom is -0.347 e. The van der Waals surface area contributed by atoms with Crippen LogP contribution in [-0.2, 0) is 14.8 Å². The van der Waals surface area contributed by atoms with Crippen LogP contribution < -0.4 is 10.0 Å². The van der Waals surface area contributed by atoms with Crippen LogP contribution in [0.3, 0.4) is 0 Å². The van der Waals surface area contributed by atoms with Gasteiger partial charge in [-0.05, 0) is 31.0 Å². The van der Waals surface area contributed by atoms with Crippen molar-refractivity contribution in [2.24, 2.45) is 4.99 Å². The van der Waals surface area contributed by atoms with Gasteiger partial charge in [-0.25, -0.2) is 8.42 Å². The summed E-state index contributed by atoms with van der Waals surface area (Å²) in [6.07, 6.45) is 1.74. The Morgan fingerprint density at radius 3 is 2.48 bits per heavy atom. The molecule has 0 aliphatic carbocycles. The van der Waals surface area contributed by atoms with Gasteiger partial charge in [-0.3, -0.25) is 14.5 Å². The van der Waals surface area contributed by atoms with E-state index in [9.17, 15) is 13.2 Å². The molecule has 1 amide bonds. The lowest BCUT2D eigenvalue weighted by molar-refractivity contribution is -0.122. The van der Waals surface area contributed by atoms with Gasteiger partial charge in [-0.15, -0.1) is 0 Å². The fourth-order valence-corrected chi connectivity index (χ4v) is 4.31. The number of fused-ring (bicyclic) bond motifs is 1. The van der Waals surface area contributed by atoms with Crippen molar-refractivity contribution < 1.29 is 13.2 Å². The minimum absolute atomic E-state index is 0.0982. The lowest BCUT2D eigenvalue weighted by atomic mass is 10.0. The first-order chi connectivity index (χ1) is 12.9. The van der Waals surface area contributed by atoms with Crippen LogP contribution in [0.2, 0.25) is 0 Å². The predicted octanol–water partition coefficient (Wildman–Crippen LogP) is 2.77. The van der Waals surface area contributed by atoms with E-state index in [0.29, 0.717) is 5.56 Å². The Morgan fingerprint density at radius 2 is 1.78 bits per heavy atom. The summed E-state index contributed by atoms with van der Waals surface area (Å²) >= 11 is 0. The second-order valence-electron chi connectivity index (χ2n) is 6.52. The molecule has 0 fully saturated rings. The highest BCUT2D eigenvalue weighted by Gasteiger charge is 2.31. The molecule has 7 heteroatoms. The molecule has 2 N–H and O–H groups in total. The van der Waals surface area contributed by atoms with Crippen LogP contribution in [-0.4, -0.2) is 26.2 Å². The van der Waals surface area contributed by atoms with Gasteiger partial charge < -0.3 is 5.32 Å². The molecule has 3 rings (SSSR count). The molecule has 0 unspecified atom stereocenters. The van der Waals surface area contributed by atoms with Crippen molar-refractivity contribution in [3.05, 3.63) is 65.7 Å². The van der Waals surface area contributed by atoms with E-state index in [2.05, 4.69) is 22.0 Å². The number of rotatable bonds is 6. The Morgan fingerprint density at radius 1 is 1.11 bits per heavy atom. The van der Waals surface area contributed by atoms with Crippen molar-refractivity contribution in [2.75, 3.05) is 0 Å². The Balaban J connectivity index is 1.79. The van der Waals surface area contributed by atoms with Gasteiger partial charge in [0, 0.05) is 5.56 Å². The first-order valence-electron chi connectivity index (χ1n) is 8.97. The average molecular weight is 385 g/mol. The molecule has 2 aromatic carbocycles. The van der Waals surface area contributed by atoms with Gasteiger partial charge in [0.15, 0.2) is 0 Å². The maximum atomic E-state index is 12.7. The Kier molecular flexibility index (Phi) is 5.60. The van der Waals surface area contributed by atoms with Crippen LogP contribution >= 0.6 is 0 Å². The number of sulfonamides is 1. The maximum absolute atomic E-state index is 12.7. The minimum atomic E-state index is -3.61. The molecule has 2 aromatic rings. The number of hydrogen-bond donors (Lipinski definition) is 2. The summed E-state index contributed by atoms with van der Waals surface area (Å²) < 4.78 is 26.8. The molecule has 0 bridgehead atoms. The van der Waals surface area contributed by atoms with Crippen molar-refractivity contribution in [1.29, 1.82) is 0 Å². The molecule has 0 saturated heterocycles. The second kappa shape index (κ2) is 7.92. The van der Waals surface area contributed by atoms with E-state index in [1.165, 1.54) is 6.07 Å². The van der Waals surface area contributed by atoms with E-state index in [0.717, 1.165) is 18.4 Å². The van der Waals surface area contributed by atoms with Crippen LogP contribution in [0.4, 0.5) is 0 Å². The number of hydrogen-bond acceptors (Lipinski definition) is 4. The highest BCUT2D eigenvalue weighted by Crippen LogP contribution is 2.23. The molecule has 27 heavy (non-hydrogen) atoms. The number of benzene rings is 2. The van der Waals surface area contributed by atoms with Crippen LogP contribution in [0.15, 0.2) is 64.5 Å². The van der Waals surface area contributed by atoms with Crippen molar-refractivity contribution >= 4 is 21.8 Å². The largest absolute Gasteiger partial charge is 0.347 e. The van der Waals surface area contributed by atoms with Crippen LogP contribution in [0, 0.1) is 0 Å². The third kappa shape index (κ3) is 4.19. The van der Waals surface area contributed by atoms with Crippen LogP contribution in [0.5, 0.6) is 0 Å². The summed E-state index contributed by atoms with van der Waals surface area (Å²) in [6.45, 7) is 3.72. The van der Waals surface area contributed by atoms with Gasteiger partial charge in [-0.1, -0.05) is 55.8 Å². The average Bonchev–Trinajstić information content (AvgIpc) is 2.92. The lowest BCUT2D eigenvalue weighted by Gasteiger charge is -2.20. The fourth-order valence-electron chi connectivity index (χ4n) is 3.07. The smallest absolute Gasteiger partial charge is 0.263 e. The SMILES string of the molecule is CCC[C@H](NC(=O)[C@@H](C)N=C1NS(=O)(=O)c2ccccc21)c1ccccc1. The van der Waals surface area contributed by atoms with Crippen LogP contribution in [0.25, 0.3) is 0 Å². The lowest BCUT2D eigenvalue weighted by Crippen LogP contribution is -2.36. The zero-order chi connectivity index (χ0) is 19.4. The summed E-state index contributed by atoms with van der Waals surface area (Å²) in [4.78, 5) is 17.2. The summed E-state index contributed by atoms with van der Waals surface area (Å²) in [5.74, 6) is -0.0339. The van der Waals surface area contributed by atoms with E-state index in [-0.39, 0.29) is 22.7 Å². The molecule has 0 saturated carbocycles. The van der Waals surface area contributed by atoms with Crippen molar-refractivity contribution in [1.82, 2.24) is 10.0 Å². The molecule has 1 aliphatic rings. The van der Waals surface area contributed by atoms with Gasteiger partial charge >= 0.3 is 0 Å². The molecule has 0 radical (unpaired) electrons. The van der Waals surface area contributed by atoms with E-state index in [1.807, 2.05) is 30.3 Å². The Bertz CT molecular complexity index is 955. The van der Waals surface area contributed by atoms with E-state index in [1.54, 1.807) is 25.1 Å². The van der Waals surface area contributed by atoms with E-state index in [4.69, 9.17) is 0 Å². The number of carbonyl (C=O) groups excluding carboxylic acids is 1. The zero-order valence-corrected chi connectivity index (χ0v) is 16.2. The molecule has 6 nitrogen and oxygen atoms in total. The molecule has 0 aromatic heterocycles. The zero-order valence-electron chi connectivity index (χ0n) is 15.3. The first-order valence-corrected chi connectivity index (χ1v) is 10.5.